The van der Waals surface area contributed by atoms with Gasteiger partial charge in [0.05, 0.1) is 12.3 Å². The summed E-state index contributed by atoms with van der Waals surface area (Å²) in [5.41, 5.74) is 1.10. The zero-order valence-corrected chi connectivity index (χ0v) is 16.4. The second-order valence-corrected chi connectivity index (χ2v) is 7.19. The minimum Gasteiger partial charge on any atom is -0.452 e. The fraction of sp³-hybridized carbons (Fsp3) is 0.389. The van der Waals surface area contributed by atoms with E-state index in [-0.39, 0.29) is 12.3 Å². The lowest BCUT2D eigenvalue weighted by molar-refractivity contribution is -0.155. The van der Waals surface area contributed by atoms with E-state index in [1.807, 2.05) is 41.8 Å². The second kappa shape index (κ2) is 8.87. The maximum absolute atomic E-state index is 12.2. The Kier molecular flexibility index (Phi) is 6.30. The standard InChI is InChI=1S/C18H21N5O4S/c1-12(16(25)22-9-8-19-17(22)26)27-15(24)11-28-18-21-20-13(2)23(18)10-14-6-4-3-5-7-14/h3-7,12H,8-11H2,1-2H3,(H,19,26)/t12-/m0/s1. The fourth-order valence-corrected chi connectivity index (χ4v) is 3.49. The lowest BCUT2D eigenvalue weighted by Gasteiger charge is -2.18. The number of thioether (sulfide) groups is 1. The number of aryl methyl sites for hydroxylation is 1. The van der Waals surface area contributed by atoms with Crippen LogP contribution in [0.15, 0.2) is 35.5 Å². The molecule has 148 valence electrons. The van der Waals surface area contributed by atoms with Gasteiger partial charge in [-0.15, -0.1) is 10.2 Å². The highest BCUT2D eigenvalue weighted by atomic mass is 32.2. The van der Waals surface area contributed by atoms with Crippen molar-refractivity contribution in [2.45, 2.75) is 31.7 Å². The van der Waals surface area contributed by atoms with Gasteiger partial charge in [0, 0.05) is 13.1 Å². The van der Waals surface area contributed by atoms with Gasteiger partial charge >= 0.3 is 12.0 Å². The molecule has 1 aliphatic heterocycles. The van der Waals surface area contributed by atoms with E-state index in [9.17, 15) is 14.4 Å². The van der Waals surface area contributed by atoms with E-state index < -0.39 is 24.0 Å². The summed E-state index contributed by atoms with van der Waals surface area (Å²) in [6.45, 7) is 4.57. The van der Waals surface area contributed by atoms with Gasteiger partial charge < -0.3 is 14.6 Å². The maximum Gasteiger partial charge on any atom is 0.324 e. The van der Waals surface area contributed by atoms with Gasteiger partial charge in [0.2, 0.25) is 0 Å². The largest absolute Gasteiger partial charge is 0.452 e. The molecule has 1 aliphatic rings. The van der Waals surface area contributed by atoms with Gasteiger partial charge in [0.25, 0.3) is 5.91 Å². The monoisotopic (exact) mass is 403 g/mol. The molecule has 0 spiro atoms. The van der Waals surface area contributed by atoms with Crippen LogP contribution in [-0.4, -0.2) is 62.5 Å². The van der Waals surface area contributed by atoms with E-state index in [1.54, 1.807) is 0 Å². The van der Waals surface area contributed by atoms with E-state index in [4.69, 9.17) is 4.74 Å². The molecule has 28 heavy (non-hydrogen) atoms. The van der Waals surface area contributed by atoms with Crippen LogP contribution in [0, 0.1) is 6.92 Å². The molecular formula is C18H21N5O4S. The average Bonchev–Trinajstić information content (AvgIpc) is 3.26. The second-order valence-electron chi connectivity index (χ2n) is 6.24. The molecular weight excluding hydrogens is 382 g/mol. The summed E-state index contributed by atoms with van der Waals surface area (Å²) in [5.74, 6) is -0.367. The van der Waals surface area contributed by atoms with E-state index in [0.29, 0.717) is 18.2 Å². The first kappa shape index (κ1) is 19.9. The van der Waals surface area contributed by atoms with Crippen molar-refractivity contribution in [3.8, 4) is 0 Å². The lowest BCUT2D eigenvalue weighted by Crippen LogP contribution is -2.42. The first-order valence-electron chi connectivity index (χ1n) is 8.81. The van der Waals surface area contributed by atoms with Gasteiger partial charge in [-0.2, -0.15) is 0 Å². The minimum absolute atomic E-state index is 0.0171. The summed E-state index contributed by atoms with van der Waals surface area (Å²) in [7, 11) is 0. The number of ether oxygens (including phenoxy) is 1. The normalized spacial score (nSPS) is 14.6. The Bertz CT molecular complexity index is 870. The van der Waals surface area contributed by atoms with Crippen LogP contribution in [0.25, 0.3) is 0 Å². The van der Waals surface area contributed by atoms with Crippen molar-refractivity contribution >= 4 is 29.7 Å². The van der Waals surface area contributed by atoms with Crippen LogP contribution in [0.4, 0.5) is 4.79 Å². The van der Waals surface area contributed by atoms with Gasteiger partial charge in [-0.05, 0) is 19.4 Å². The Labute approximate surface area is 166 Å². The molecule has 0 radical (unpaired) electrons. The molecule has 0 unspecified atom stereocenters. The highest BCUT2D eigenvalue weighted by Gasteiger charge is 2.31. The van der Waals surface area contributed by atoms with E-state index in [0.717, 1.165) is 16.3 Å². The summed E-state index contributed by atoms with van der Waals surface area (Å²) < 4.78 is 7.08. The number of carbonyl (C=O) groups is 3. The number of urea groups is 1. The first-order chi connectivity index (χ1) is 13.5. The molecule has 1 aromatic carbocycles. The van der Waals surface area contributed by atoms with Crippen LogP contribution in [0.3, 0.4) is 0 Å². The van der Waals surface area contributed by atoms with Crippen LogP contribution >= 0.6 is 11.8 Å². The van der Waals surface area contributed by atoms with Gasteiger partial charge in [-0.3, -0.25) is 14.5 Å². The highest BCUT2D eigenvalue weighted by Crippen LogP contribution is 2.19. The Morgan fingerprint density at radius 2 is 2.04 bits per heavy atom. The molecule has 1 aromatic heterocycles. The van der Waals surface area contributed by atoms with Crippen LogP contribution < -0.4 is 5.32 Å². The van der Waals surface area contributed by atoms with Crippen molar-refractivity contribution < 1.29 is 19.1 Å². The number of aromatic nitrogens is 3. The number of esters is 1. The molecule has 1 saturated heterocycles. The predicted octanol–water partition coefficient (Wildman–Crippen LogP) is 1.21. The van der Waals surface area contributed by atoms with Gasteiger partial charge in [0.15, 0.2) is 11.3 Å². The molecule has 9 nitrogen and oxygen atoms in total. The Hall–Kier alpha value is -2.88. The molecule has 2 aromatic rings. The molecule has 0 saturated carbocycles. The van der Waals surface area contributed by atoms with Gasteiger partial charge in [0.1, 0.15) is 5.82 Å². The third kappa shape index (κ3) is 4.69. The van der Waals surface area contributed by atoms with Crippen molar-refractivity contribution in [2.75, 3.05) is 18.8 Å². The first-order valence-corrected chi connectivity index (χ1v) is 9.79. The van der Waals surface area contributed by atoms with Gasteiger partial charge in [-0.1, -0.05) is 42.1 Å². The number of nitrogens with zero attached hydrogens (tertiary/aromatic N) is 4. The summed E-state index contributed by atoms with van der Waals surface area (Å²) >= 11 is 1.19. The molecule has 1 fully saturated rings. The zero-order valence-electron chi connectivity index (χ0n) is 15.6. The number of hydrogen-bond donors (Lipinski definition) is 1. The number of hydrogen-bond acceptors (Lipinski definition) is 7. The van der Waals surface area contributed by atoms with Crippen LogP contribution in [0.1, 0.15) is 18.3 Å². The molecule has 0 bridgehead atoms. The number of benzene rings is 1. The Morgan fingerprint density at radius 1 is 1.29 bits per heavy atom. The van der Waals surface area contributed by atoms with Crippen LogP contribution in [-0.2, 0) is 20.9 Å². The number of amides is 3. The Morgan fingerprint density at radius 3 is 2.71 bits per heavy atom. The van der Waals surface area contributed by atoms with Crippen LogP contribution in [0.2, 0.25) is 0 Å². The summed E-state index contributed by atoms with van der Waals surface area (Å²) in [6, 6.07) is 9.40. The van der Waals surface area contributed by atoms with Crippen molar-refractivity contribution in [3.05, 3.63) is 41.7 Å². The van der Waals surface area contributed by atoms with Crippen molar-refractivity contribution in [3.63, 3.8) is 0 Å². The van der Waals surface area contributed by atoms with Crippen molar-refractivity contribution in [1.29, 1.82) is 0 Å². The number of imide groups is 1. The summed E-state index contributed by atoms with van der Waals surface area (Å²) in [5, 5.41) is 11.3. The van der Waals surface area contributed by atoms with Crippen LogP contribution in [0.5, 0.6) is 0 Å². The SMILES string of the molecule is Cc1nnc(SCC(=O)O[C@@H](C)C(=O)N2CCNC2=O)n1Cc1ccccc1. The number of nitrogens with one attached hydrogen (secondary N) is 1. The third-order valence-electron chi connectivity index (χ3n) is 4.18. The van der Waals surface area contributed by atoms with Crippen molar-refractivity contribution in [2.24, 2.45) is 0 Å². The molecule has 1 N–H and O–H groups in total. The van der Waals surface area contributed by atoms with Gasteiger partial charge in [-0.25, -0.2) is 4.79 Å². The Balaban J connectivity index is 1.55. The molecule has 2 heterocycles. The number of rotatable bonds is 7. The molecule has 10 heteroatoms. The quantitative estimate of drug-likeness (QED) is 0.547. The predicted molar refractivity (Wildman–Crippen MR) is 102 cm³/mol. The maximum atomic E-state index is 12.2. The molecule has 3 amide bonds. The van der Waals surface area contributed by atoms with E-state index in [1.165, 1.54) is 18.7 Å². The van der Waals surface area contributed by atoms with E-state index >= 15 is 0 Å². The fourth-order valence-electron chi connectivity index (χ4n) is 2.72. The minimum atomic E-state index is -1.03. The third-order valence-corrected chi connectivity index (χ3v) is 5.12. The lowest BCUT2D eigenvalue weighted by atomic mass is 10.2. The molecule has 1 atom stereocenters. The topological polar surface area (TPSA) is 106 Å². The number of carbonyl (C=O) groups excluding carboxylic acids is 3. The summed E-state index contributed by atoms with van der Waals surface area (Å²) in [4.78, 5) is 36.9. The zero-order chi connectivity index (χ0) is 20.1. The molecule has 3 rings (SSSR count). The molecule has 0 aliphatic carbocycles. The average molecular weight is 403 g/mol. The van der Waals surface area contributed by atoms with E-state index in [2.05, 4.69) is 15.5 Å². The highest BCUT2D eigenvalue weighted by molar-refractivity contribution is 7.99. The van der Waals surface area contributed by atoms with Crippen molar-refractivity contribution in [1.82, 2.24) is 25.0 Å². The smallest absolute Gasteiger partial charge is 0.324 e. The summed E-state index contributed by atoms with van der Waals surface area (Å²) in [6.07, 6.45) is -1.03.